The molecule has 4 aromatic rings. The van der Waals surface area contributed by atoms with Crippen LogP contribution in [0.1, 0.15) is 5.56 Å². The van der Waals surface area contributed by atoms with E-state index in [0.29, 0.717) is 11.0 Å². The van der Waals surface area contributed by atoms with Crippen molar-refractivity contribution >= 4 is 26.9 Å². The number of nitrogens with one attached hydrogen (secondary N) is 1. The minimum absolute atomic E-state index is 0.0268. The summed E-state index contributed by atoms with van der Waals surface area (Å²) >= 11 is 0. The molecule has 158 valence electrons. The van der Waals surface area contributed by atoms with Gasteiger partial charge in [-0.1, -0.05) is 48.0 Å². The van der Waals surface area contributed by atoms with Crippen LogP contribution in [-0.2, 0) is 10.0 Å². The number of fused-ring (bicyclic) bond motifs is 1. The summed E-state index contributed by atoms with van der Waals surface area (Å²) in [6.45, 7) is 2.33. The summed E-state index contributed by atoms with van der Waals surface area (Å²) in [5, 5.41) is 0. The van der Waals surface area contributed by atoms with Crippen molar-refractivity contribution in [2.24, 2.45) is 0 Å². The van der Waals surface area contributed by atoms with Crippen molar-refractivity contribution < 1.29 is 17.9 Å². The molecule has 31 heavy (non-hydrogen) atoms. The van der Waals surface area contributed by atoms with Crippen molar-refractivity contribution in [3.8, 4) is 11.6 Å². The summed E-state index contributed by atoms with van der Waals surface area (Å²) in [7, 11) is -3.86. The third-order valence-corrected chi connectivity index (χ3v) is 5.79. The molecule has 0 aliphatic carbocycles. The van der Waals surface area contributed by atoms with Gasteiger partial charge in [-0.3, -0.25) is 4.72 Å². The van der Waals surface area contributed by atoms with Crippen molar-refractivity contribution in [3.05, 3.63) is 84.4 Å². The van der Waals surface area contributed by atoms with E-state index in [0.717, 1.165) is 11.3 Å². The number of hydrogen-bond donors (Lipinski definition) is 1. The predicted octanol–water partition coefficient (Wildman–Crippen LogP) is 4.20. The zero-order valence-corrected chi connectivity index (χ0v) is 17.7. The zero-order chi connectivity index (χ0) is 21.7. The molecule has 0 aliphatic rings. The van der Waals surface area contributed by atoms with E-state index in [1.165, 1.54) is 0 Å². The van der Waals surface area contributed by atoms with E-state index in [1.54, 1.807) is 36.4 Å². The van der Waals surface area contributed by atoms with E-state index >= 15 is 0 Å². The lowest BCUT2D eigenvalue weighted by atomic mass is 10.2. The monoisotopic (exact) mass is 435 g/mol. The van der Waals surface area contributed by atoms with Crippen LogP contribution < -0.4 is 14.2 Å². The third-order valence-electron chi connectivity index (χ3n) is 4.43. The summed E-state index contributed by atoms with van der Waals surface area (Å²) in [6, 6.07) is 23.1. The molecule has 1 N–H and O–H groups in total. The lowest BCUT2D eigenvalue weighted by Crippen LogP contribution is -2.17. The Morgan fingerprint density at radius 3 is 2.10 bits per heavy atom. The molecule has 0 saturated carbocycles. The molecule has 4 rings (SSSR count). The normalized spacial score (nSPS) is 11.3. The molecule has 1 aromatic heterocycles. The highest BCUT2D eigenvalue weighted by Crippen LogP contribution is 2.26. The number of nitrogens with zero attached hydrogens (tertiary/aromatic N) is 2. The Hall–Kier alpha value is -3.65. The van der Waals surface area contributed by atoms with Crippen LogP contribution in [-0.4, -0.2) is 31.6 Å². The van der Waals surface area contributed by atoms with Crippen molar-refractivity contribution in [2.45, 2.75) is 11.8 Å². The van der Waals surface area contributed by atoms with E-state index < -0.39 is 10.0 Å². The average Bonchev–Trinajstić information content (AvgIpc) is 2.77. The van der Waals surface area contributed by atoms with Crippen LogP contribution in [0, 0.1) is 6.92 Å². The molecule has 0 bridgehead atoms. The topological polar surface area (TPSA) is 90.4 Å². The minimum Gasteiger partial charge on any atom is -0.490 e. The number of hydrogen-bond acceptors (Lipinski definition) is 6. The lowest BCUT2D eigenvalue weighted by molar-refractivity contribution is 0.213. The number of ether oxygens (including phenoxy) is 2. The van der Waals surface area contributed by atoms with E-state index in [4.69, 9.17) is 9.47 Å². The van der Waals surface area contributed by atoms with Gasteiger partial charge in [0.05, 0.1) is 15.9 Å². The highest BCUT2D eigenvalue weighted by atomic mass is 32.2. The highest BCUT2D eigenvalue weighted by molar-refractivity contribution is 7.92. The fourth-order valence-corrected chi connectivity index (χ4v) is 3.87. The molecule has 0 aliphatic heterocycles. The van der Waals surface area contributed by atoms with Crippen LogP contribution in [0.5, 0.6) is 11.6 Å². The van der Waals surface area contributed by atoms with E-state index in [1.807, 2.05) is 49.4 Å². The molecule has 3 aromatic carbocycles. The lowest BCUT2D eigenvalue weighted by Gasteiger charge is -2.13. The first-order valence-electron chi connectivity index (χ1n) is 9.68. The van der Waals surface area contributed by atoms with E-state index in [2.05, 4.69) is 14.7 Å². The SMILES string of the molecule is Cc1ccc(S(=O)(=O)Nc2nc3ccccc3nc2OCCOc2ccccc2)cc1. The number of aromatic nitrogens is 2. The Labute approximate surface area is 180 Å². The summed E-state index contributed by atoms with van der Waals surface area (Å²) in [4.78, 5) is 9.00. The van der Waals surface area contributed by atoms with Crippen molar-refractivity contribution in [2.75, 3.05) is 17.9 Å². The molecular formula is C23H21N3O4S. The molecule has 0 spiro atoms. The van der Waals surface area contributed by atoms with Gasteiger partial charge in [0.2, 0.25) is 5.82 Å². The third kappa shape index (κ3) is 5.10. The maximum Gasteiger partial charge on any atom is 0.263 e. The largest absolute Gasteiger partial charge is 0.490 e. The van der Waals surface area contributed by atoms with Gasteiger partial charge in [0.1, 0.15) is 19.0 Å². The molecule has 0 radical (unpaired) electrons. The molecule has 0 fully saturated rings. The Bertz CT molecular complexity index is 1280. The zero-order valence-electron chi connectivity index (χ0n) is 16.9. The van der Waals surface area contributed by atoms with Crippen molar-refractivity contribution in [1.82, 2.24) is 9.97 Å². The predicted molar refractivity (Wildman–Crippen MR) is 119 cm³/mol. The van der Waals surface area contributed by atoms with Gasteiger partial charge < -0.3 is 9.47 Å². The molecule has 1 heterocycles. The van der Waals surface area contributed by atoms with Crippen LogP contribution in [0.4, 0.5) is 5.82 Å². The van der Waals surface area contributed by atoms with Gasteiger partial charge in [0.25, 0.3) is 15.9 Å². The Kier molecular flexibility index (Phi) is 5.99. The van der Waals surface area contributed by atoms with Gasteiger partial charge in [0, 0.05) is 0 Å². The number of sulfonamides is 1. The highest BCUT2D eigenvalue weighted by Gasteiger charge is 2.19. The Balaban J connectivity index is 1.56. The second-order valence-electron chi connectivity index (χ2n) is 6.79. The number of aryl methyl sites for hydroxylation is 1. The molecule has 7 nitrogen and oxygen atoms in total. The van der Waals surface area contributed by atoms with Crippen molar-refractivity contribution in [1.29, 1.82) is 0 Å². The van der Waals surface area contributed by atoms with Crippen LogP contribution >= 0.6 is 0 Å². The van der Waals surface area contributed by atoms with E-state index in [-0.39, 0.29) is 29.8 Å². The maximum absolute atomic E-state index is 12.9. The van der Waals surface area contributed by atoms with Gasteiger partial charge in [0.15, 0.2) is 0 Å². The first-order chi connectivity index (χ1) is 15.0. The first-order valence-corrected chi connectivity index (χ1v) is 11.2. The fourth-order valence-electron chi connectivity index (χ4n) is 2.87. The first kappa shape index (κ1) is 20.6. The quantitative estimate of drug-likeness (QED) is 0.417. The van der Waals surface area contributed by atoms with Crippen molar-refractivity contribution in [3.63, 3.8) is 0 Å². The van der Waals surface area contributed by atoms with E-state index in [9.17, 15) is 8.42 Å². The Morgan fingerprint density at radius 2 is 1.39 bits per heavy atom. The van der Waals surface area contributed by atoms with Gasteiger partial charge in [-0.2, -0.15) is 0 Å². The van der Waals surface area contributed by atoms with Gasteiger partial charge in [-0.15, -0.1) is 0 Å². The Morgan fingerprint density at radius 1 is 0.774 bits per heavy atom. The minimum atomic E-state index is -3.86. The van der Waals surface area contributed by atoms with Crippen LogP contribution in [0.15, 0.2) is 83.8 Å². The fraction of sp³-hybridized carbons (Fsp3) is 0.130. The second kappa shape index (κ2) is 9.01. The summed E-state index contributed by atoms with van der Waals surface area (Å²) < 4.78 is 39.6. The van der Waals surface area contributed by atoms with Gasteiger partial charge in [-0.05, 0) is 43.3 Å². The molecular weight excluding hydrogens is 414 g/mol. The summed E-state index contributed by atoms with van der Waals surface area (Å²) in [5.41, 5.74) is 2.11. The average molecular weight is 436 g/mol. The summed E-state index contributed by atoms with van der Waals surface area (Å²) in [5.74, 6) is 0.834. The number of rotatable bonds is 8. The number of para-hydroxylation sites is 3. The maximum atomic E-state index is 12.9. The number of benzene rings is 3. The van der Waals surface area contributed by atoms with Gasteiger partial charge in [-0.25, -0.2) is 18.4 Å². The van der Waals surface area contributed by atoms with Crippen LogP contribution in [0.2, 0.25) is 0 Å². The van der Waals surface area contributed by atoms with Gasteiger partial charge >= 0.3 is 0 Å². The van der Waals surface area contributed by atoms with Crippen LogP contribution in [0.3, 0.4) is 0 Å². The smallest absolute Gasteiger partial charge is 0.263 e. The molecule has 8 heteroatoms. The number of anilines is 1. The molecule has 0 unspecified atom stereocenters. The summed E-state index contributed by atoms with van der Waals surface area (Å²) in [6.07, 6.45) is 0. The van der Waals surface area contributed by atoms with Crippen LogP contribution in [0.25, 0.3) is 11.0 Å². The molecule has 0 saturated heterocycles. The second-order valence-corrected chi connectivity index (χ2v) is 8.48. The molecule has 0 atom stereocenters. The molecule has 0 amide bonds. The standard InChI is InChI=1S/C23H21N3O4S/c1-17-11-13-19(14-12-17)31(27,28)26-22-23(25-21-10-6-5-9-20(21)24-22)30-16-15-29-18-7-3-2-4-8-18/h2-14H,15-16H2,1H3,(H,24,26).